The molecule has 110 valence electrons. The third-order valence-electron chi connectivity index (χ3n) is 3.41. The van der Waals surface area contributed by atoms with E-state index in [9.17, 15) is 4.79 Å². The Morgan fingerprint density at radius 1 is 1.32 bits per heavy atom. The van der Waals surface area contributed by atoms with Crippen LogP contribution >= 0.6 is 22.6 Å². The van der Waals surface area contributed by atoms with E-state index in [2.05, 4.69) is 22.6 Å². The molecule has 1 saturated carbocycles. The number of carbonyl (C=O) groups is 1. The first-order valence-electron chi connectivity index (χ1n) is 7.09. The van der Waals surface area contributed by atoms with E-state index in [1.807, 2.05) is 20.8 Å². The standard InChI is InChI=1S/C14H24INO3/c1-14(2,3)19-13(17)16-8-11(15)12(9-16)18-7-6-10-4-5-10/h10-12H,4-9H2,1-3H3. The van der Waals surface area contributed by atoms with Gasteiger partial charge in [0.25, 0.3) is 0 Å². The maximum Gasteiger partial charge on any atom is 0.410 e. The molecule has 2 unspecified atom stereocenters. The van der Waals surface area contributed by atoms with Crippen LogP contribution in [0.1, 0.15) is 40.0 Å². The fourth-order valence-electron chi connectivity index (χ4n) is 2.16. The van der Waals surface area contributed by atoms with Gasteiger partial charge in [-0.3, -0.25) is 0 Å². The summed E-state index contributed by atoms with van der Waals surface area (Å²) in [5, 5.41) is 0. The van der Waals surface area contributed by atoms with E-state index in [1.165, 1.54) is 19.3 Å². The predicted octanol–water partition coefficient (Wildman–Crippen LogP) is 3.23. The Morgan fingerprint density at radius 3 is 2.58 bits per heavy atom. The summed E-state index contributed by atoms with van der Waals surface area (Å²) in [6.07, 6.45) is 3.85. The van der Waals surface area contributed by atoms with Crippen molar-refractivity contribution in [1.82, 2.24) is 4.90 Å². The van der Waals surface area contributed by atoms with Crippen molar-refractivity contribution in [2.24, 2.45) is 5.92 Å². The number of hydrogen-bond donors (Lipinski definition) is 0. The Morgan fingerprint density at radius 2 is 2.00 bits per heavy atom. The van der Waals surface area contributed by atoms with E-state index in [0.29, 0.717) is 10.5 Å². The highest BCUT2D eigenvalue weighted by atomic mass is 127. The van der Waals surface area contributed by atoms with Crippen LogP contribution in [0.15, 0.2) is 0 Å². The second kappa shape index (κ2) is 6.16. The van der Waals surface area contributed by atoms with E-state index >= 15 is 0 Å². The lowest BCUT2D eigenvalue weighted by atomic mass is 10.2. The van der Waals surface area contributed by atoms with Crippen LogP contribution in [0.3, 0.4) is 0 Å². The van der Waals surface area contributed by atoms with Crippen molar-refractivity contribution in [2.75, 3.05) is 19.7 Å². The summed E-state index contributed by atoms with van der Waals surface area (Å²) in [5.41, 5.74) is -0.428. The molecule has 1 saturated heterocycles. The van der Waals surface area contributed by atoms with Crippen LogP contribution in [0.4, 0.5) is 4.79 Å². The quantitative estimate of drug-likeness (QED) is 0.555. The van der Waals surface area contributed by atoms with Crippen molar-refractivity contribution in [3.05, 3.63) is 0 Å². The molecule has 5 heteroatoms. The third kappa shape index (κ3) is 5.10. The number of amides is 1. The summed E-state index contributed by atoms with van der Waals surface area (Å²) in [6, 6.07) is 0. The molecule has 1 aliphatic heterocycles. The van der Waals surface area contributed by atoms with E-state index in [-0.39, 0.29) is 12.2 Å². The lowest BCUT2D eigenvalue weighted by Gasteiger charge is -2.24. The van der Waals surface area contributed by atoms with Crippen molar-refractivity contribution in [3.8, 4) is 0 Å². The molecule has 1 heterocycles. The molecule has 0 N–H and O–H groups in total. The second-order valence-corrected chi connectivity index (χ2v) is 8.14. The van der Waals surface area contributed by atoms with Gasteiger partial charge in [0.1, 0.15) is 5.60 Å². The predicted molar refractivity (Wildman–Crippen MR) is 82.7 cm³/mol. The molecule has 0 spiro atoms. The van der Waals surface area contributed by atoms with E-state index in [4.69, 9.17) is 9.47 Å². The van der Waals surface area contributed by atoms with Crippen molar-refractivity contribution in [1.29, 1.82) is 0 Å². The highest BCUT2D eigenvalue weighted by molar-refractivity contribution is 14.1. The molecule has 0 bridgehead atoms. The van der Waals surface area contributed by atoms with Gasteiger partial charge >= 0.3 is 6.09 Å². The number of hydrogen-bond acceptors (Lipinski definition) is 3. The molecule has 0 aromatic carbocycles. The minimum Gasteiger partial charge on any atom is -0.444 e. The van der Waals surface area contributed by atoms with Crippen LogP contribution in [-0.4, -0.2) is 46.3 Å². The molecule has 2 fully saturated rings. The number of alkyl halides is 1. The molecule has 19 heavy (non-hydrogen) atoms. The molecular formula is C14H24INO3. The van der Waals surface area contributed by atoms with Crippen molar-refractivity contribution < 1.29 is 14.3 Å². The van der Waals surface area contributed by atoms with Gasteiger partial charge in [0, 0.05) is 13.2 Å². The lowest BCUT2D eigenvalue weighted by Crippen LogP contribution is -2.36. The van der Waals surface area contributed by atoms with Gasteiger partial charge in [0.05, 0.1) is 16.6 Å². The van der Waals surface area contributed by atoms with Gasteiger partial charge in [0.15, 0.2) is 0 Å². The van der Waals surface area contributed by atoms with Crippen LogP contribution in [-0.2, 0) is 9.47 Å². The zero-order valence-corrected chi connectivity index (χ0v) is 14.2. The highest BCUT2D eigenvalue weighted by Gasteiger charge is 2.36. The Hall–Kier alpha value is -0.0400. The summed E-state index contributed by atoms with van der Waals surface area (Å²) in [6.45, 7) is 7.90. The molecule has 0 aromatic heterocycles. The minimum absolute atomic E-state index is 0.159. The van der Waals surface area contributed by atoms with Crippen LogP contribution < -0.4 is 0 Å². The van der Waals surface area contributed by atoms with Crippen molar-refractivity contribution in [2.45, 2.75) is 55.7 Å². The van der Waals surface area contributed by atoms with Crippen molar-refractivity contribution >= 4 is 28.7 Å². The summed E-state index contributed by atoms with van der Waals surface area (Å²) in [4.78, 5) is 13.8. The maximum atomic E-state index is 12.0. The van der Waals surface area contributed by atoms with Crippen LogP contribution in [0.2, 0.25) is 0 Å². The summed E-state index contributed by atoms with van der Waals surface area (Å²) >= 11 is 2.38. The Labute approximate surface area is 129 Å². The van der Waals surface area contributed by atoms with Crippen LogP contribution in [0.25, 0.3) is 0 Å². The Balaban J connectivity index is 1.73. The topological polar surface area (TPSA) is 38.8 Å². The van der Waals surface area contributed by atoms with Gasteiger partial charge in [-0.05, 0) is 33.1 Å². The normalized spacial score (nSPS) is 27.7. The fourth-order valence-corrected chi connectivity index (χ4v) is 3.07. The first-order valence-corrected chi connectivity index (χ1v) is 8.33. The van der Waals surface area contributed by atoms with E-state index in [1.54, 1.807) is 4.90 Å². The van der Waals surface area contributed by atoms with Gasteiger partial charge in [0.2, 0.25) is 0 Å². The lowest BCUT2D eigenvalue weighted by molar-refractivity contribution is 0.0207. The fraction of sp³-hybridized carbons (Fsp3) is 0.929. The number of likely N-dealkylation sites (tertiary alicyclic amines) is 1. The van der Waals surface area contributed by atoms with Gasteiger partial charge < -0.3 is 14.4 Å². The zero-order chi connectivity index (χ0) is 14.0. The number of halogens is 1. The third-order valence-corrected chi connectivity index (χ3v) is 4.60. The van der Waals surface area contributed by atoms with Gasteiger partial charge in [-0.25, -0.2) is 4.79 Å². The monoisotopic (exact) mass is 381 g/mol. The van der Waals surface area contributed by atoms with Gasteiger partial charge in [-0.1, -0.05) is 35.4 Å². The number of rotatable bonds is 4. The summed E-state index contributed by atoms with van der Waals surface area (Å²) in [7, 11) is 0. The highest BCUT2D eigenvalue weighted by Crippen LogP contribution is 2.32. The molecule has 4 nitrogen and oxygen atoms in total. The van der Waals surface area contributed by atoms with Crippen LogP contribution in [0.5, 0.6) is 0 Å². The maximum absolute atomic E-state index is 12.0. The Kier molecular flexibility index (Phi) is 4.98. The van der Waals surface area contributed by atoms with Crippen LogP contribution in [0, 0.1) is 5.92 Å². The van der Waals surface area contributed by atoms with Crippen molar-refractivity contribution in [3.63, 3.8) is 0 Å². The first-order chi connectivity index (χ1) is 8.85. The Bertz CT molecular complexity index is 325. The minimum atomic E-state index is -0.428. The average molecular weight is 381 g/mol. The smallest absolute Gasteiger partial charge is 0.410 e. The number of nitrogens with zero attached hydrogens (tertiary/aromatic N) is 1. The molecule has 0 aromatic rings. The molecule has 1 aliphatic carbocycles. The van der Waals surface area contributed by atoms with E-state index in [0.717, 1.165) is 19.1 Å². The summed E-state index contributed by atoms with van der Waals surface area (Å²) < 4.78 is 11.7. The number of carbonyl (C=O) groups excluding carboxylic acids is 1. The largest absolute Gasteiger partial charge is 0.444 e. The molecule has 2 atom stereocenters. The molecule has 0 radical (unpaired) electrons. The van der Waals surface area contributed by atoms with E-state index < -0.39 is 5.60 Å². The van der Waals surface area contributed by atoms with Gasteiger partial charge in [-0.15, -0.1) is 0 Å². The first kappa shape index (κ1) is 15.4. The number of ether oxygens (including phenoxy) is 2. The average Bonchev–Trinajstić information content (AvgIpc) is 3.01. The summed E-state index contributed by atoms with van der Waals surface area (Å²) in [5.74, 6) is 0.899. The second-order valence-electron chi connectivity index (χ2n) is 6.54. The molecule has 2 rings (SSSR count). The molecular weight excluding hydrogens is 357 g/mol. The molecule has 2 aliphatic rings. The SMILES string of the molecule is CC(C)(C)OC(=O)N1CC(I)C(OCCC2CC2)C1. The zero-order valence-electron chi connectivity index (χ0n) is 12.0. The van der Waals surface area contributed by atoms with Gasteiger partial charge in [-0.2, -0.15) is 0 Å². The molecule has 1 amide bonds.